The van der Waals surface area contributed by atoms with Crippen LogP contribution >= 0.6 is 0 Å². The van der Waals surface area contributed by atoms with Crippen LogP contribution in [0.2, 0.25) is 0 Å². The van der Waals surface area contributed by atoms with Crippen molar-refractivity contribution in [1.29, 1.82) is 15.9 Å². The van der Waals surface area contributed by atoms with E-state index in [4.69, 9.17) is 21.6 Å². The number of hydrogen-bond acceptors (Lipinski definition) is 8. The normalized spacial score (nSPS) is 13.0. The number of hydrogen-bond donors (Lipinski definition) is 4. The van der Waals surface area contributed by atoms with Crippen molar-refractivity contribution in [2.45, 2.75) is 0 Å². The third kappa shape index (κ3) is 5.22. The molecule has 8 nitrogen and oxygen atoms in total. The second-order valence-corrected chi connectivity index (χ2v) is 11.0. The summed E-state index contributed by atoms with van der Waals surface area (Å²) in [7, 11) is 0. The van der Waals surface area contributed by atoms with Crippen LogP contribution in [0.5, 0.6) is 0 Å². The Morgan fingerprint density at radius 3 is 2.13 bits per heavy atom. The molecule has 222 valence electrons. The minimum absolute atomic E-state index is 0.245. The zero-order valence-corrected chi connectivity index (χ0v) is 25.0. The Kier molecular flexibility index (Phi) is 7.22. The first-order valence-corrected chi connectivity index (χ1v) is 14.8. The molecule has 1 heterocycles. The molecule has 0 radical (unpaired) electrons. The van der Waals surface area contributed by atoms with Crippen molar-refractivity contribution in [2.24, 2.45) is 5.10 Å². The van der Waals surface area contributed by atoms with Crippen molar-refractivity contribution in [2.75, 3.05) is 16.9 Å². The molecule has 0 spiro atoms. The molecule has 1 aliphatic carbocycles. The summed E-state index contributed by atoms with van der Waals surface area (Å²) in [6.45, 7) is 0. The molecule has 1 aliphatic rings. The van der Waals surface area contributed by atoms with Gasteiger partial charge in [-0.05, 0) is 59.7 Å². The van der Waals surface area contributed by atoms with Crippen molar-refractivity contribution < 1.29 is 0 Å². The number of benzene rings is 5. The largest absolute Gasteiger partial charge is 0.399 e. The molecule has 0 saturated carbocycles. The van der Waals surface area contributed by atoms with Crippen LogP contribution in [0.15, 0.2) is 120 Å². The Balaban J connectivity index is 1.43. The quantitative estimate of drug-likeness (QED) is 0.115. The summed E-state index contributed by atoms with van der Waals surface area (Å²) in [5.74, 6) is 0. The second kappa shape index (κ2) is 11.8. The third-order valence-corrected chi connectivity index (χ3v) is 8.11. The number of nitrogens with one attached hydrogen (secondary N) is 2. The number of anilines is 3. The van der Waals surface area contributed by atoms with Crippen molar-refractivity contribution in [1.82, 2.24) is 4.98 Å². The van der Waals surface area contributed by atoms with Crippen LogP contribution in [0, 0.1) is 28.1 Å². The van der Waals surface area contributed by atoms with Crippen molar-refractivity contribution in [3.63, 3.8) is 0 Å². The summed E-state index contributed by atoms with van der Waals surface area (Å²) in [6, 6.07) is 40.0. The van der Waals surface area contributed by atoms with Crippen molar-refractivity contribution in [3.05, 3.63) is 143 Å². The maximum Gasteiger partial charge on any atom is 0.117 e. The number of pyridine rings is 1. The number of para-hydroxylation sites is 2. The van der Waals surface area contributed by atoms with Crippen LogP contribution in [0.4, 0.5) is 17.1 Å². The summed E-state index contributed by atoms with van der Waals surface area (Å²) in [5.41, 5.74) is 25.4. The lowest BCUT2D eigenvalue weighted by Gasteiger charge is -2.24. The molecule has 0 aliphatic heterocycles. The molecule has 0 saturated heterocycles. The van der Waals surface area contributed by atoms with E-state index in [-0.39, 0.29) is 5.71 Å². The maximum atomic E-state index is 9.76. The highest BCUT2D eigenvalue weighted by atomic mass is 15.3. The van der Waals surface area contributed by atoms with Gasteiger partial charge in [0.1, 0.15) is 5.71 Å². The van der Waals surface area contributed by atoms with E-state index in [1.54, 1.807) is 24.3 Å². The number of allylic oxidation sites excluding steroid dienone is 1. The number of rotatable bonds is 5. The summed E-state index contributed by atoms with van der Waals surface area (Å²) in [5, 5.41) is 34.4. The number of nitrogens with two attached hydrogens (primary N) is 2. The molecular weight excluding hydrogens is 580 g/mol. The highest BCUT2D eigenvalue weighted by molar-refractivity contribution is 6.65. The lowest BCUT2D eigenvalue weighted by atomic mass is 9.82. The van der Waals surface area contributed by atoms with E-state index in [9.17, 15) is 15.9 Å². The molecule has 6 aromatic rings. The minimum Gasteiger partial charge on any atom is -0.399 e. The summed E-state index contributed by atoms with van der Waals surface area (Å²) in [4.78, 5) is 5.10. The van der Waals surface area contributed by atoms with Crippen molar-refractivity contribution >= 4 is 51.0 Å². The van der Waals surface area contributed by atoms with E-state index in [1.165, 1.54) is 0 Å². The van der Waals surface area contributed by atoms with Gasteiger partial charge in [0, 0.05) is 44.6 Å². The Hall–Kier alpha value is -7.03. The van der Waals surface area contributed by atoms with Crippen LogP contribution in [0.1, 0.15) is 27.8 Å². The minimum atomic E-state index is 0.245. The van der Waals surface area contributed by atoms with Gasteiger partial charge in [0.2, 0.25) is 0 Å². The first-order chi connectivity index (χ1) is 22.9. The molecule has 0 amide bonds. The Bertz CT molecular complexity index is 2360. The Morgan fingerprint density at radius 2 is 1.40 bits per heavy atom. The molecule has 0 atom stereocenters. The maximum absolute atomic E-state index is 9.76. The van der Waals surface area contributed by atoms with E-state index in [2.05, 4.69) is 17.6 Å². The van der Waals surface area contributed by atoms with Gasteiger partial charge in [-0.3, -0.25) is 10.8 Å². The van der Waals surface area contributed by atoms with Gasteiger partial charge in [0.15, 0.2) is 0 Å². The van der Waals surface area contributed by atoms with E-state index in [0.29, 0.717) is 39.5 Å². The summed E-state index contributed by atoms with van der Waals surface area (Å²) >= 11 is 0. The van der Waals surface area contributed by atoms with Crippen LogP contribution in [-0.4, -0.2) is 16.4 Å². The fraction of sp³-hybridized carbons (Fsp3) is 0. The average Bonchev–Trinajstić information content (AvgIpc) is 3.11. The van der Waals surface area contributed by atoms with Gasteiger partial charge in [0.25, 0.3) is 0 Å². The molecule has 6 N–H and O–H groups in total. The smallest absolute Gasteiger partial charge is 0.117 e. The lowest BCUT2D eigenvalue weighted by molar-refractivity contribution is 1.33. The average molecular weight is 607 g/mol. The fourth-order valence-electron chi connectivity index (χ4n) is 5.91. The standard InChI is InChI=1S/C39H26N8/c40-21-23-10-12-24(13-11-23)31-20-32-36(37(44)39(31)47-46-29-6-2-1-3-7-29)30-8-4-5-9-34(30)45-38(32)26-16-14-25(15-17-26)35-27(22-41)18-28(42)19-33(35)43/h1-20,44,46H,42-43H2/b44-37?,47-39-. The van der Waals surface area contributed by atoms with Gasteiger partial charge in [-0.2, -0.15) is 15.6 Å². The third-order valence-electron chi connectivity index (χ3n) is 8.11. The second-order valence-electron chi connectivity index (χ2n) is 11.0. The highest BCUT2D eigenvalue weighted by Crippen LogP contribution is 2.39. The van der Waals surface area contributed by atoms with Gasteiger partial charge in [0.05, 0.1) is 45.9 Å². The number of nitrogens with zero attached hydrogens (tertiary/aromatic N) is 4. The molecular formula is C39H26N8. The summed E-state index contributed by atoms with van der Waals surface area (Å²) in [6.07, 6.45) is 2.02. The number of aromatic nitrogens is 1. The number of fused-ring (bicyclic) bond motifs is 3. The van der Waals surface area contributed by atoms with Crippen LogP contribution < -0.4 is 16.9 Å². The van der Waals surface area contributed by atoms with Gasteiger partial charge >= 0.3 is 0 Å². The topological polar surface area (TPSA) is 161 Å². The Morgan fingerprint density at radius 1 is 0.723 bits per heavy atom. The molecule has 5 aromatic carbocycles. The summed E-state index contributed by atoms with van der Waals surface area (Å²) < 4.78 is 0. The van der Waals surface area contributed by atoms with Gasteiger partial charge < -0.3 is 11.5 Å². The molecule has 47 heavy (non-hydrogen) atoms. The fourth-order valence-corrected chi connectivity index (χ4v) is 5.91. The first-order valence-electron chi connectivity index (χ1n) is 14.8. The molecule has 8 heteroatoms. The molecule has 0 unspecified atom stereocenters. The van der Waals surface area contributed by atoms with Crippen LogP contribution in [0.25, 0.3) is 44.9 Å². The van der Waals surface area contributed by atoms with Gasteiger partial charge in [-0.15, -0.1) is 0 Å². The number of nitrogen functional groups attached to an aromatic ring is 2. The van der Waals surface area contributed by atoms with Gasteiger partial charge in [-0.25, -0.2) is 4.98 Å². The Labute approximate surface area is 271 Å². The molecule has 0 bridgehead atoms. The van der Waals surface area contributed by atoms with Crippen molar-refractivity contribution in [3.8, 4) is 34.5 Å². The molecule has 0 fully saturated rings. The predicted octanol–water partition coefficient (Wildman–Crippen LogP) is 7.87. The number of hydrazone groups is 1. The lowest BCUT2D eigenvalue weighted by Crippen LogP contribution is -2.24. The van der Waals surface area contributed by atoms with E-state index in [1.807, 2.05) is 97.1 Å². The van der Waals surface area contributed by atoms with E-state index in [0.717, 1.165) is 50.0 Å². The molecule has 1 aromatic heterocycles. The zero-order chi connectivity index (χ0) is 32.5. The SMILES string of the molecule is N#Cc1ccc(C2=Cc3c(-c4ccc(-c5c(N)cc(N)cc5C#N)cc4)nc4ccccc4c3C(=N)/C2=N\Nc2ccccc2)cc1. The van der Waals surface area contributed by atoms with Crippen LogP contribution in [-0.2, 0) is 0 Å². The van der Waals surface area contributed by atoms with E-state index >= 15 is 0 Å². The highest BCUT2D eigenvalue weighted by Gasteiger charge is 2.29. The first kappa shape index (κ1) is 28.7. The van der Waals surface area contributed by atoms with E-state index < -0.39 is 0 Å². The molecule has 7 rings (SSSR count). The van der Waals surface area contributed by atoms with Gasteiger partial charge in [-0.1, -0.05) is 72.8 Å². The van der Waals surface area contributed by atoms with Crippen LogP contribution in [0.3, 0.4) is 0 Å². The predicted molar refractivity (Wildman–Crippen MR) is 190 cm³/mol. The monoisotopic (exact) mass is 606 g/mol. The number of nitriles is 2. The zero-order valence-electron chi connectivity index (χ0n) is 25.0.